The molecule has 0 aromatic carbocycles. The molecule has 14 heavy (non-hydrogen) atoms. The Balaban J connectivity index is 2.25. The van der Waals surface area contributed by atoms with E-state index in [-0.39, 0.29) is 0 Å². The zero-order valence-corrected chi connectivity index (χ0v) is 10.6. The molecule has 3 heteroatoms. The van der Waals surface area contributed by atoms with Gasteiger partial charge >= 0.3 is 0 Å². The topological polar surface area (TPSA) is 21.3 Å². The molecule has 0 aliphatic heterocycles. The van der Waals surface area contributed by atoms with Crippen LogP contribution in [0.3, 0.4) is 0 Å². The van der Waals surface area contributed by atoms with E-state index in [4.69, 9.17) is 4.74 Å². The summed E-state index contributed by atoms with van der Waals surface area (Å²) in [7, 11) is 1.79. The minimum atomic E-state index is 0.334. The molecular formula is C11H23NOS. The molecule has 0 heterocycles. The van der Waals surface area contributed by atoms with E-state index in [1.54, 1.807) is 7.11 Å². The number of ether oxygens (including phenoxy) is 1. The molecular weight excluding hydrogens is 194 g/mol. The number of methoxy groups -OCH3 is 1. The maximum Gasteiger partial charge on any atom is 0.0618 e. The lowest BCUT2D eigenvalue weighted by Gasteiger charge is -2.26. The van der Waals surface area contributed by atoms with Crippen LogP contribution in [0.5, 0.6) is 0 Å². The molecule has 0 aromatic heterocycles. The lowest BCUT2D eigenvalue weighted by Crippen LogP contribution is -2.42. The van der Waals surface area contributed by atoms with Gasteiger partial charge in [-0.25, -0.2) is 0 Å². The predicted octanol–water partition coefficient (Wildman–Crippen LogP) is 2.14. The molecule has 1 aliphatic rings. The van der Waals surface area contributed by atoms with Crippen molar-refractivity contribution >= 4 is 11.8 Å². The first-order valence-electron chi connectivity index (χ1n) is 5.36. The molecule has 0 amide bonds. The SMILES string of the molecule is COCC(NCC(C)(C)SC)C1CC1. The second-order valence-electron chi connectivity index (χ2n) is 4.74. The van der Waals surface area contributed by atoms with Gasteiger partial charge in [-0.15, -0.1) is 0 Å². The Kier molecular flexibility index (Phi) is 4.74. The van der Waals surface area contributed by atoms with Crippen molar-refractivity contribution in [2.24, 2.45) is 5.92 Å². The maximum absolute atomic E-state index is 5.23. The highest BCUT2D eigenvalue weighted by Gasteiger charge is 2.31. The van der Waals surface area contributed by atoms with Gasteiger partial charge in [0, 0.05) is 24.4 Å². The van der Waals surface area contributed by atoms with Crippen LogP contribution < -0.4 is 5.32 Å². The highest BCUT2D eigenvalue weighted by molar-refractivity contribution is 7.99. The Morgan fingerprint density at radius 1 is 1.50 bits per heavy atom. The van der Waals surface area contributed by atoms with E-state index >= 15 is 0 Å². The van der Waals surface area contributed by atoms with E-state index in [1.807, 2.05) is 11.8 Å². The number of thioether (sulfide) groups is 1. The van der Waals surface area contributed by atoms with Gasteiger partial charge in [0.1, 0.15) is 0 Å². The zero-order valence-electron chi connectivity index (χ0n) is 9.80. The molecule has 0 radical (unpaired) electrons. The summed E-state index contributed by atoms with van der Waals surface area (Å²) in [6.45, 7) is 6.48. The van der Waals surface area contributed by atoms with E-state index in [0.29, 0.717) is 10.8 Å². The van der Waals surface area contributed by atoms with Gasteiger partial charge in [-0.2, -0.15) is 11.8 Å². The molecule has 1 fully saturated rings. The second-order valence-corrected chi connectivity index (χ2v) is 6.26. The summed E-state index contributed by atoms with van der Waals surface area (Å²) in [6.07, 6.45) is 4.92. The molecule has 1 N–H and O–H groups in total. The normalized spacial score (nSPS) is 19.7. The van der Waals surface area contributed by atoms with Crippen LogP contribution in [0.4, 0.5) is 0 Å². The molecule has 0 aromatic rings. The summed E-state index contributed by atoms with van der Waals surface area (Å²) in [5.74, 6) is 0.868. The third-order valence-electron chi connectivity index (χ3n) is 2.88. The quantitative estimate of drug-likeness (QED) is 0.706. The van der Waals surface area contributed by atoms with Crippen LogP contribution in [0, 0.1) is 5.92 Å². The van der Waals surface area contributed by atoms with Crippen LogP contribution in [0.2, 0.25) is 0 Å². The maximum atomic E-state index is 5.23. The Hall–Kier alpha value is 0.270. The van der Waals surface area contributed by atoms with Crippen LogP contribution in [0.15, 0.2) is 0 Å². The van der Waals surface area contributed by atoms with Crippen molar-refractivity contribution in [1.82, 2.24) is 5.32 Å². The van der Waals surface area contributed by atoms with Crippen LogP contribution in [0.25, 0.3) is 0 Å². The predicted molar refractivity (Wildman–Crippen MR) is 64.0 cm³/mol. The van der Waals surface area contributed by atoms with Gasteiger partial charge in [-0.05, 0) is 38.9 Å². The van der Waals surface area contributed by atoms with Gasteiger partial charge < -0.3 is 10.1 Å². The minimum Gasteiger partial charge on any atom is -0.383 e. The molecule has 0 bridgehead atoms. The molecule has 0 saturated heterocycles. The van der Waals surface area contributed by atoms with Crippen molar-refractivity contribution in [3.05, 3.63) is 0 Å². The zero-order chi connectivity index (χ0) is 10.6. The Labute approximate surface area is 92.2 Å². The Morgan fingerprint density at radius 3 is 2.57 bits per heavy atom. The first kappa shape index (κ1) is 12.3. The van der Waals surface area contributed by atoms with E-state index in [2.05, 4.69) is 25.4 Å². The van der Waals surface area contributed by atoms with Gasteiger partial charge in [0.15, 0.2) is 0 Å². The van der Waals surface area contributed by atoms with Crippen LogP contribution >= 0.6 is 11.8 Å². The monoisotopic (exact) mass is 217 g/mol. The summed E-state index contributed by atoms with van der Waals surface area (Å²) >= 11 is 1.92. The Bertz CT molecular complexity index is 169. The van der Waals surface area contributed by atoms with Crippen molar-refractivity contribution < 1.29 is 4.74 Å². The molecule has 1 rings (SSSR count). The fraction of sp³-hybridized carbons (Fsp3) is 1.00. The van der Waals surface area contributed by atoms with Crippen LogP contribution in [-0.2, 0) is 4.74 Å². The van der Waals surface area contributed by atoms with Crippen molar-refractivity contribution in [1.29, 1.82) is 0 Å². The first-order valence-corrected chi connectivity index (χ1v) is 6.59. The number of hydrogen-bond acceptors (Lipinski definition) is 3. The van der Waals surface area contributed by atoms with Gasteiger partial charge in [0.05, 0.1) is 6.61 Å². The fourth-order valence-electron chi connectivity index (χ4n) is 1.49. The summed E-state index contributed by atoms with van der Waals surface area (Å²) in [5.41, 5.74) is 0. The van der Waals surface area contributed by atoms with Crippen molar-refractivity contribution in [2.45, 2.75) is 37.5 Å². The Morgan fingerprint density at radius 2 is 2.14 bits per heavy atom. The highest BCUT2D eigenvalue weighted by atomic mass is 32.2. The largest absolute Gasteiger partial charge is 0.383 e. The number of hydrogen-bond donors (Lipinski definition) is 1. The average molecular weight is 217 g/mol. The summed E-state index contributed by atoms with van der Waals surface area (Å²) in [4.78, 5) is 0. The molecule has 1 saturated carbocycles. The van der Waals surface area contributed by atoms with E-state index < -0.39 is 0 Å². The molecule has 2 nitrogen and oxygen atoms in total. The van der Waals surface area contributed by atoms with E-state index in [1.165, 1.54) is 12.8 Å². The summed E-state index contributed by atoms with van der Waals surface area (Å²) in [5, 5.41) is 3.63. The number of nitrogens with one attached hydrogen (secondary N) is 1. The third-order valence-corrected chi connectivity index (χ3v) is 4.13. The van der Waals surface area contributed by atoms with Gasteiger partial charge in [0.25, 0.3) is 0 Å². The van der Waals surface area contributed by atoms with Crippen LogP contribution in [0.1, 0.15) is 26.7 Å². The number of rotatable bonds is 7. The van der Waals surface area contributed by atoms with Crippen molar-refractivity contribution in [3.63, 3.8) is 0 Å². The minimum absolute atomic E-state index is 0.334. The van der Waals surface area contributed by atoms with E-state index in [9.17, 15) is 0 Å². The highest BCUT2D eigenvalue weighted by Crippen LogP contribution is 2.33. The van der Waals surface area contributed by atoms with Gasteiger partial charge in [0.2, 0.25) is 0 Å². The van der Waals surface area contributed by atoms with Gasteiger partial charge in [-0.3, -0.25) is 0 Å². The summed E-state index contributed by atoms with van der Waals surface area (Å²) in [6, 6.07) is 0.575. The smallest absolute Gasteiger partial charge is 0.0618 e. The lowest BCUT2D eigenvalue weighted by molar-refractivity contribution is 0.156. The third kappa shape index (κ3) is 4.20. The fourth-order valence-corrected chi connectivity index (χ4v) is 1.72. The summed E-state index contributed by atoms with van der Waals surface area (Å²) < 4.78 is 5.57. The lowest BCUT2D eigenvalue weighted by atomic mass is 10.1. The average Bonchev–Trinajstić information content (AvgIpc) is 2.95. The van der Waals surface area contributed by atoms with Crippen LogP contribution in [-0.4, -0.2) is 37.3 Å². The second kappa shape index (κ2) is 5.38. The molecule has 1 aliphatic carbocycles. The molecule has 0 spiro atoms. The molecule has 1 atom stereocenters. The molecule has 84 valence electrons. The van der Waals surface area contributed by atoms with Crippen molar-refractivity contribution in [3.8, 4) is 0 Å². The first-order chi connectivity index (χ1) is 6.59. The van der Waals surface area contributed by atoms with E-state index in [0.717, 1.165) is 19.1 Å². The molecule has 1 unspecified atom stereocenters. The van der Waals surface area contributed by atoms with Crippen molar-refractivity contribution in [2.75, 3.05) is 26.5 Å². The standard InChI is InChI=1S/C11H23NOS/c1-11(2,14-4)8-12-10(7-13-3)9-5-6-9/h9-10,12H,5-8H2,1-4H3. The van der Waals surface area contributed by atoms with Gasteiger partial charge in [-0.1, -0.05) is 0 Å².